The molecule has 1 fully saturated rings. The van der Waals surface area contributed by atoms with Crippen molar-refractivity contribution in [3.63, 3.8) is 0 Å². The lowest BCUT2D eigenvalue weighted by atomic mass is 10.0. The second-order valence-electron chi connectivity index (χ2n) is 6.18. The third-order valence-electron chi connectivity index (χ3n) is 3.97. The summed E-state index contributed by atoms with van der Waals surface area (Å²) in [6, 6.07) is 8.44. The molecule has 0 saturated carbocycles. The molecule has 5 heteroatoms. The Morgan fingerprint density at radius 1 is 1.23 bits per heavy atom. The number of carbonyl (C=O) groups excluding carboxylic acids is 1. The van der Waals surface area contributed by atoms with E-state index in [1.54, 1.807) is 0 Å². The van der Waals surface area contributed by atoms with Gasteiger partial charge in [0.1, 0.15) is 0 Å². The lowest BCUT2D eigenvalue weighted by Gasteiger charge is -2.28. The molecule has 1 unspecified atom stereocenters. The van der Waals surface area contributed by atoms with E-state index in [1.807, 2.05) is 35.7 Å². The summed E-state index contributed by atoms with van der Waals surface area (Å²) in [6.07, 6.45) is 0. The molecule has 1 aromatic rings. The van der Waals surface area contributed by atoms with E-state index in [0.717, 1.165) is 5.56 Å². The number of amides is 1. The van der Waals surface area contributed by atoms with Crippen molar-refractivity contribution >= 4 is 29.4 Å². The molecule has 1 atom stereocenters. The topological polar surface area (TPSA) is 32.3 Å². The van der Waals surface area contributed by atoms with Gasteiger partial charge in [0.05, 0.1) is 4.58 Å². The standard InChI is InChI=1S/C17H26N2OS2/c1-12(2)15(19(3)4)11-18-16(20)13-5-7-14(8-6-13)17-21-9-10-22-17/h5-8,12,15,17H,9-11H2,1-4H3,(H,18,20). The third-order valence-corrected chi connectivity index (χ3v) is 7.08. The molecule has 0 aromatic heterocycles. The van der Waals surface area contributed by atoms with E-state index in [2.05, 4.69) is 50.3 Å². The summed E-state index contributed by atoms with van der Waals surface area (Å²) < 4.78 is 0.538. The summed E-state index contributed by atoms with van der Waals surface area (Å²) in [5.41, 5.74) is 2.07. The van der Waals surface area contributed by atoms with Gasteiger partial charge in [-0.15, -0.1) is 23.5 Å². The van der Waals surface area contributed by atoms with Crippen LogP contribution in [0.15, 0.2) is 24.3 Å². The Morgan fingerprint density at radius 2 is 1.82 bits per heavy atom. The smallest absolute Gasteiger partial charge is 0.251 e. The van der Waals surface area contributed by atoms with E-state index in [9.17, 15) is 4.79 Å². The van der Waals surface area contributed by atoms with Crippen LogP contribution in [0.25, 0.3) is 0 Å². The molecule has 1 aliphatic rings. The first-order valence-corrected chi connectivity index (χ1v) is 9.86. The molecular formula is C17H26N2OS2. The fourth-order valence-corrected chi connectivity index (χ4v) is 5.52. The number of nitrogens with one attached hydrogen (secondary N) is 1. The first-order chi connectivity index (χ1) is 10.5. The highest BCUT2D eigenvalue weighted by Crippen LogP contribution is 2.45. The van der Waals surface area contributed by atoms with Gasteiger partial charge in [-0.05, 0) is 37.7 Å². The lowest BCUT2D eigenvalue weighted by molar-refractivity contribution is 0.0934. The summed E-state index contributed by atoms with van der Waals surface area (Å²) in [7, 11) is 4.12. The van der Waals surface area contributed by atoms with Crippen molar-refractivity contribution in [1.82, 2.24) is 10.2 Å². The van der Waals surface area contributed by atoms with Gasteiger partial charge in [0.2, 0.25) is 0 Å². The molecule has 1 aliphatic heterocycles. The molecule has 1 heterocycles. The number of carbonyl (C=O) groups is 1. The minimum Gasteiger partial charge on any atom is -0.350 e. The molecule has 1 amide bonds. The summed E-state index contributed by atoms with van der Waals surface area (Å²) in [6.45, 7) is 5.05. The number of likely N-dealkylation sites (N-methyl/N-ethyl adjacent to an activating group) is 1. The number of hydrogen-bond donors (Lipinski definition) is 1. The van der Waals surface area contributed by atoms with Gasteiger partial charge in [0, 0.05) is 29.7 Å². The van der Waals surface area contributed by atoms with Gasteiger partial charge in [0.15, 0.2) is 0 Å². The predicted molar refractivity (Wildman–Crippen MR) is 98.7 cm³/mol. The summed E-state index contributed by atoms with van der Waals surface area (Å²) in [5.74, 6) is 2.97. The van der Waals surface area contributed by atoms with E-state index >= 15 is 0 Å². The fourth-order valence-electron chi connectivity index (χ4n) is 2.66. The number of benzene rings is 1. The van der Waals surface area contributed by atoms with Gasteiger partial charge in [-0.25, -0.2) is 0 Å². The maximum Gasteiger partial charge on any atom is 0.251 e. The van der Waals surface area contributed by atoms with Crippen LogP contribution in [0.2, 0.25) is 0 Å². The van der Waals surface area contributed by atoms with Crippen molar-refractivity contribution in [3.05, 3.63) is 35.4 Å². The number of nitrogens with zero attached hydrogens (tertiary/aromatic N) is 1. The van der Waals surface area contributed by atoms with Crippen LogP contribution in [0.1, 0.15) is 34.4 Å². The summed E-state index contributed by atoms with van der Waals surface area (Å²) >= 11 is 3.97. The van der Waals surface area contributed by atoms with Gasteiger partial charge < -0.3 is 10.2 Å². The van der Waals surface area contributed by atoms with Gasteiger partial charge >= 0.3 is 0 Å². The average Bonchev–Trinajstić information content (AvgIpc) is 3.01. The molecule has 2 rings (SSSR count). The number of rotatable bonds is 6. The van der Waals surface area contributed by atoms with Crippen LogP contribution < -0.4 is 5.32 Å². The van der Waals surface area contributed by atoms with Crippen molar-refractivity contribution in [2.24, 2.45) is 5.92 Å². The maximum atomic E-state index is 12.3. The molecule has 0 radical (unpaired) electrons. The van der Waals surface area contributed by atoms with Crippen LogP contribution in [-0.2, 0) is 0 Å². The Morgan fingerprint density at radius 3 is 2.32 bits per heavy atom. The Balaban J connectivity index is 1.92. The first kappa shape index (κ1) is 17.7. The summed E-state index contributed by atoms with van der Waals surface area (Å²) in [4.78, 5) is 14.5. The van der Waals surface area contributed by atoms with Crippen molar-refractivity contribution in [1.29, 1.82) is 0 Å². The summed E-state index contributed by atoms with van der Waals surface area (Å²) in [5, 5.41) is 3.06. The first-order valence-electron chi connectivity index (χ1n) is 7.77. The van der Waals surface area contributed by atoms with Crippen LogP contribution in [0.5, 0.6) is 0 Å². The molecule has 3 nitrogen and oxygen atoms in total. The molecule has 22 heavy (non-hydrogen) atoms. The highest BCUT2D eigenvalue weighted by atomic mass is 32.2. The Bertz CT molecular complexity index is 474. The van der Waals surface area contributed by atoms with Gasteiger partial charge in [0.25, 0.3) is 5.91 Å². The van der Waals surface area contributed by atoms with Crippen molar-refractivity contribution in [2.45, 2.75) is 24.5 Å². The fraction of sp³-hybridized carbons (Fsp3) is 0.588. The van der Waals surface area contributed by atoms with E-state index in [1.165, 1.54) is 17.1 Å². The van der Waals surface area contributed by atoms with Crippen molar-refractivity contribution in [2.75, 3.05) is 32.1 Å². The molecule has 0 aliphatic carbocycles. The zero-order chi connectivity index (χ0) is 16.1. The second-order valence-corrected chi connectivity index (χ2v) is 8.90. The molecule has 0 bridgehead atoms. The normalized spacial score (nSPS) is 17.2. The molecule has 0 spiro atoms. The highest BCUT2D eigenvalue weighted by Gasteiger charge is 2.19. The second kappa shape index (κ2) is 8.27. The van der Waals surface area contributed by atoms with Gasteiger partial charge in [-0.1, -0.05) is 26.0 Å². The van der Waals surface area contributed by atoms with E-state index < -0.39 is 0 Å². The Hall–Kier alpha value is -0.650. The van der Waals surface area contributed by atoms with Gasteiger partial charge in [-0.3, -0.25) is 4.79 Å². The molecule has 1 N–H and O–H groups in total. The molecule has 122 valence electrons. The molecule has 1 aromatic carbocycles. The monoisotopic (exact) mass is 338 g/mol. The van der Waals surface area contributed by atoms with Crippen LogP contribution in [0.3, 0.4) is 0 Å². The van der Waals surface area contributed by atoms with E-state index in [-0.39, 0.29) is 5.91 Å². The Kier molecular flexibility index (Phi) is 6.66. The number of thioether (sulfide) groups is 2. The van der Waals surface area contributed by atoms with Crippen LogP contribution >= 0.6 is 23.5 Å². The van der Waals surface area contributed by atoms with Crippen LogP contribution in [0.4, 0.5) is 0 Å². The molecule has 1 saturated heterocycles. The third kappa shape index (κ3) is 4.67. The van der Waals surface area contributed by atoms with Crippen molar-refractivity contribution < 1.29 is 4.79 Å². The number of hydrogen-bond acceptors (Lipinski definition) is 4. The highest BCUT2D eigenvalue weighted by molar-refractivity contribution is 8.19. The maximum absolute atomic E-state index is 12.3. The average molecular weight is 339 g/mol. The largest absolute Gasteiger partial charge is 0.350 e. The van der Waals surface area contributed by atoms with E-state index in [0.29, 0.717) is 23.1 Å². The zero-order valence-corrected chi connectivity index (χ0v) is 15.5. The molecular weight excluding hydrogens is 312 g/mol. The van der Waals surface area contributed by atoms with Crippen LogP contribution in [0, 0.1) is 5.92 Å². The van der Waals surface area contributed by atoms with Crippen LogP contribution in [-0.4, -0.2) is 49.0 Å². The lowest BCUT2D eigenvalue weighted by Crippen LogP contribution is -2.43. The SMILES string of the molecule is CC(C)C(CNC(=O)c1ccc(C2SCCS2)cc1)N(C)C. The minimum atomic E-state index is 0.0192. The predicted octanol–water partition coefficient (Wildman–Crippen LogP) is 3.48. The minimum absolute atomic E-state index is 0.0192. The van der Waals surface area contributed by atoms with Gasteiger partial charge in [-0.2, -0.15) is 0 Å². The quantitative estimate of drug-likeness (QED) is 0.861. The van der Waals surface area contributed by atoms with E-state index in [4.69, 9.17) is 0 Å². The van der Waals surface area contributed by atoms with Crippen molar-refractivity contribution in [3.8, 4) is 0 Å². The Labute approximate surface area is 142 Å². The zero-order valence-electron chi connectivity index (χ0n) is 13.8.